The van der Waals surface area contributed by atoms with Gasteiger partial charge in [0.1, 0.15) is 5.82 Å². The summed E-state index contributed by atoms with van der Waals surface area (Å²) in [7, 11) is 1.27. The van der Waals surface area contributed by atoms with E-state index in [9.17, 15) is 14.0 Å². The Morgan fingerprint density at radius 2 is 2.18 bits per heavy atom. The Morgan fingerprint density at radius 1 is 1.47 bits per heavy atom. The lowest BCUT2D eigenvalue weighted by Crippen LogP contribution is -2.00. The third-order valence-corrected chi connectivity index (χ3v) is 2.04. The summed E-state index contributed by atoms with van der Waals surface area (Å²) in [5.74, 6) is -2.52. The van der Waals surface area contributed by atoms with Gasteiger partial charge in [0, 0.05) is 0 Å². The molecular formula is C12H11FO4. The number of methoxy groups -OCH3 is 1. The van der Waals surface area contributed by atoms with Gasteiger partial charge in [-0.3, -0.25) is 4.79 Å². The van der Waals surface area contributed by atoms with Gasteiger partial charge in [-0.1, -0.05) is 18.2 Å². The van der Waals surface area contributed by atoms with Crippen LogP contribution in [-0.2, 0) is 9.53 Å². The van der Waals surface area contributed by atoms with Crippen molar-refractivity contribution in [2.75, 3.05) is 7.11 Å². The van der Waals surface area contributed by atoms with Crippen LogP contribution in [0.5, 0.6) is 0 Å². The van der Waals surface area contributed by atoms with E-state index >= 15 is 0 Å². The van der Waals surface area contributed by atoms with Gasteiger partial charge in [-0.05, 0) is 17.7 Å². The zero-order chi connectivity index (χ0) is 12.8. The molecule has 0 aliphatic carbocycles. The van der Waals surface area contributed by atoms with Crippen LogP contribution in [0, 0.1) is 5.82 Å². The van der Waals surface area contributed by atoms with Crippen molar-refractivity contribution < 1.29 is 23.8 Å². The molecule has 0 heterocycles. The summed E-state index contributed by atoms with van der Waals surface area (Å²) in [4.78, 5) is 21.5. The van der Waals surface area contributed by atoms with Crippen molar-refractivity contribution in [3.05, 3.63) is 41.2 Å². The van der Waals surface area contributed by atoms with Crippen LogP contribution in [0.3, 0.4) is 0 Å². The van der Waals surface area contributed by atoms with Crippen molar-refractivity contribution in [1.29, 1.82) is 0 Å². The summed E-state index contributed by atoms with van der Waals surface area (Å²) >= 11 is 0. The predicted molar refractivity (Wildman–Crippen MR) is 59.0 cm³/mol. The highest BCUT2D eigenvalue weighted by Crippen LogP contribution is 2.12. The fourth-order valence-electron chi connectivity index (χ4n) is 1.19. The maximum absolute atomic E-state index is 13.0. The van der Waals surface area contributed by atoms with E-state index in [2.05, 4.69) is 4.74 Å². The molecular weight excluding hydrogens is 227 g/mol. The number of halogens is 1. The monoisotopic (exact) mass is 238 g/mol. The molecule has 0 amide bonds. The molecule has 5 heteroatoms. The minimum absolute atomic E-state index is 0.0796. The Hall–Kier alpha value is -2.17. The SMILES string of the molecule is COC(=O)CC=Cc1ccc(F)c(C(=O)O)c1. The van der Waals surface area contributed by atoms with Crippen molar-refractivity contribution >= 4 is 18.0 Å². The smallest absolute Gasteiger partial charge is 0.338 e. The van der Waals surface area contributed by atoms with Crippen molar-refractivity contribution in [2.24, 2.45) is 0 Å². The van der Waals surface area contributed by atoms with Crippen LogP contribution < -0.4 is 0 Å². The second-order valence-electron chi connectivity index (χ2n) is 3.23. The number of ether oxygens (including phenoxy) is 1. The van der Waals surface area contributed by atoms with Crippen molar-refractivity contribution in [3.8, 4) is 0 Å². The molecule has 0 fully saturated rings. The standard InChI is InChI=1S/C12H11FO4/c1-17-11(14)4-2-3-8-5-6-10(13)9(7-8)12(15)16/h2-3,5-7H,4H2,1H3,(H,15,16). The highest BCUT2D eigenvalue weighted by molar-refractivity contribution is 5.88. The summed E-state index contributed by atoms with van der Waals surface area (Å²) < 4.78 is 17.5. The molecule has 0 saturated carbocycles. The van der Waals surface area contributed by atoms with Gasteiger partial charge in [0.15, 0.2) is 0 Å². The largest absolute Gasteiger partial charge is 0.478 e. The molecule has 0 radical (unpaired) electrons. The average Bonchev–Trinajstić information content (AvgIpc) is 2.30. The maximum Gasteiger partial charge on any atom is 0.338 e. The molecule has 1 N–H and O–H groups in total. The molecule has 1 rings (SSSR count). The Kier molecular flexibility index (Phi) is 4.39. The molecule has 0 saturated heterocycles. The number of benzene rings is 1. The van der Waals surface area contributed by atoms with E-state index < -0.39 is 23.3 Å². The number of carboxylic acid groups (broad SMARTS) is 1. The summed E-state index contributed by atoms with van der Waals surface area (Å²) in [6, 6.07) is 3.70. The third-order valence-electron chi connectivity index (χ3n) is 2.04. The van der Waals surface area contributed by atoms with Crippen LogP contribution in [0.2, 0.25) is 0 Å². The van der Waals surface area contributed by atoms with Gasteiger partial charge >= 0.3 is 11.9 Å². The van der Waals surface area contributed by atoms with Gasteiger partial charge < -0.3 is 9.84 Å². The predicted octanol–water partition coefficient (Wildman–Crippen LogP) is 2.10. The van der Waals surface area contributed by atoms with E-state index in [-0.39, 0.29) is 6.42 Å². The number of hydrogen-bond acceptors (Lipinski definition) is 3. The van der Waals surface area contributed by atoms with E-state index in [0.717, 1.165) is 6.07 Å². The first kappa shape index (κ1) is 12.9. The Balaban J connectivity index is 2.82. The molecule has 0 spiro atoms. The fourth-order valence-corrected chi connectivity index (χ4v) is 1.19. The Bertz CT molecular complexity index is 466. The van der Waals surface area contributed by atoms with Gasteiger partial charge in [0.05, 0.1) is 19.1 Å². The molecule has 0 unspecified atom stereocenters. The first-order valence-electron chi connectivity index (χ1n) is 4.81. The van der Waals surface area contributed by atoms with Gasteiger partial charge in [-0.15, -0.1) is 0 Å². The second kappa shape index (κ2) is 5.79. The molecule has 17 heavy (non-hydrogen) atoms. The third kappa shape index (κ3) is 3.71. The van der Waals surface area contributed by atoms with E-state index in [1.807, 2.05) is 0 Å². The number of carbonyl (C=O) groups excluding carboxylic acids is 1. The molecule has 90 valence electrons. The zero-order valence-corrected chi connectivity index (χ0v) is 9.14. The van der Waals surface area contributed by atoms with Gasteiger partial charge in [-0.2, -0.15) is 0 Å². The van der Waals surface area contributed by atoms with E-state index in [1.54, 1.807) is 0 Å². The molecule has 1 aromatic rings. The number of carboxylic acids is 1. The Morgan fingerprint density at radius 3 is 2.76 bits per heavy atom. The second-order valence-corrected chi connectivity index (χ2v) is 3.23. The van der Waals surface area contributed by atoms with E-state index in [0.29, 0.717) is 5.56 Å². The van der Waals surface area contributed by atoms with Gasteiger partial charge in [0.2, 0.25) is 0 Å². The number of rotatable bonds is 4. The fraction of sp³-hybridized carbons (Fsp3) is 0.167. The van der Waals surface area contributed by atoms with Crippen LogP contribution in [0.25, 0.3) is 6.08 Å². The lowest BCUT2D eigenvalue weighted by atomic mass is 10.1. The first-order valence-corrected chi connectivity index (χ1v) is 4.81. The molecule has 4 nitrogen and oxygen atoms in total. The van der Waals surface area contributed by atoms with Crippen LogP contribution in [0.15, 0.2) is 24.3 Å². The molecule has 0 aliphatic rings. The first-order chi connectivity index (χ1) is 8.04. The quantitative estimate of drug-likeness (QED) is 0.816. The van der Waals surface area contributed by atoms with Gasteiger partial charge in [-0.25, -0.2) is 9.18 Å². The summed E-state index contributed by atoms with van der Waals surface area (Å²) in [5.41, 5.74) is 0.109. The highest BCUT2D eigenvalue weighted by atomic mass is 19.1. The zero-order valence-electron chi connectivity index (χ0n) is 9.14. The average molecular weight is 238 g/mol. The van der Waals surface area contributed by atoms with Crippen molar-refractivity contribution in [2.45, 2.75) is 6.42 Å². The van der Waals surface area contributed by atoms with E-state index in [1.165, 1.54) is 31.4 Å². The molecule has 0 bridgehead atoms. The van der Waals surface area contributed by atoms with Crippen LogP contribution in [0.4, 0.5) is 4.39 Å². The minimum atomic E-state index is -1.33. The van der Waals surface area contributed by atoms with Crippen LogP contribution in [-0.4, -0.2) is 24.2 Å². The number of esters is 1. The normalized spacial score (nSPS) is 10.5. The van der Waals surface area contributed by atoms with Crippen LogP contribution in [0.1, 0.15) is 22.3 Å². The van der Waals surface area contributed by atoms with Crippen molar-refractivity contribution in [3.63, 3.8) is 0 Å². The lowest BCUT2D eigenvalue weighted by Gasteiger charge is -1.99. The highest BCUT2D eigenvalue weighted by Gasteiger charge is 2.09. The Labute approximate surface area is 97.3 Å². The molecule has 0 aromatic heterocycles. The van der Waals surface area contributed by atoms with E-state index in [4.69, 9.17) is 5.11 Å². The minimum Gasteiger partial charge on any atom is -0.478 e. The lowest BCUT2D eigenvalue weighted by molar-refractivity contribution is -0.139. The summed E-state index contributed by atoms with van der Waals surface area (Å²) in [5, 5.41) is 8.70. The molecule has 0 atom stereocenters. The molecule has 0 aliphatic heterocycles. The number of carbonyl (C=O) groups is 2. The molecule has 1 aromatic carbocycles. The maximum atomic E-state index is 13.0. The summed E-state index contributed by atoms with van der Waals surface area (Å²) in [6.07, 6.45) is 3.13. The topological polar surface area (TPSA) is 63.6 Å². The van der Waals surface area contributed by atoms with Crippen LogP contribution >= 0.6 is 0 Å². The number of hydrogen-bond donors (Lipinski definition) is 1. The summed E-state index contributed by atoms with van der Waals surface area (Å²) in [6.45, 7) is 0. The van der Waals surface area contributed by atoms with Crippen molar-refractivity contribution in [1.82, 2.24) is 0 Å². The van der Waals surface area contributed by atoms with Gasteiger partial charge in [0.25, 0.3) is 0 Å². The number of aromatic carboxylic acids is 1.